The summed E-state index contributed by atoms with van der Waals surface area (Å²) in [7, 11) is 0. The van der Waals surface area contributed by atoms with Gasteiger partial charge < -0.3 is 15.0 Å². The lowest BCUT2D eigenvalue weighted by molar-refractivity contribution is -0.0128. The van der Waals surface area contributed by atoms with Gasteiger partial charge in [-0.3, -0.25) is 14.8 Å². The number of hydrogen-bond donors (Lipinski definition) is 2. The van der Waals surface area contributed by atoms with Crippen LogP contribution < -0.4 is 5.32 Å². The van der Waals surface area contributed by atoms with Gasteiger partial charge in [-0.2, -0.15) is 5.26 Å². The van der Waals surface area contributed by atoms with Gasteiger partial charge in [-0.15, -0.1) is 0 Å². The Kier molecular flexibility index (Phi) is 7.93. The molecule has 10 heteroatoms. The Morgan fingerprint density at radius 3 is 2.61 bits per heavy atom. The summed E-state index contributed by atoms with van der Waals surface area (Å²) in [4.78, 5) is 13.8. The minimum Gasteiger partial charge on any atom is -0.361 e. The first-order valence-electron chi connectivity index (χ1n) is 13.5. The molecule has 2 unspecified atom stereocenters. The molecule has 41 heavy (non-hydrogen) atoms. The summed E-state index contributed by atoms with van der Waals surface area (Å²) in [5, 5.41) is 23.8. The number of aryl methyl sites for hydroxylation is 1. The number of imidazole rings is 1. The Hall–Kier alpha value is -3.52. The van der Waals surface area contributed by atoms with Gasteiger partial charge in [-0.25, -0.2) is 4.98 Å². The van der Waals surface area contributed by atoms with E-state index in [-0.39, 0.29) is 6.04 Å². The first-order chi connectivity index (χ1) is 19.9. The van der Waals surface area contributed by atoms with Gasteiger partial charge >= 0.3 is 0 Å². The number of nitrogens with one attached hydrogen (secondary N) is 1. The maximum atomic E-state index is 10.9. The van der Waals surface area contributed by atoms with Crippen LogP contribution in [0.1, 0.15) is 39.8 Å². The van der Waals surface area contributed by atoms with Crippen molar-refractivity contribution in [3.05, 3.63) is 110 Å². The number of aliphatic hydroxyl groups is 1. The summed E-state index contributed by atoms with van der Waals surface area (Å²) < 4.78 is 3.07. The van der Waals surface area contributed by atoms with Crippen LogP contribution in [-0.2, 0) is 6.54 Å². The van der Waals surface area contributed by atoms with Crippen molar-refractivity contribution >= 4 is 44.9 Å². The number of aromatic nitrogens is 3. The number of nitrogens with zero attached hydrogens (tertiary/aromatic N) is 6. The first-order valence-corrected chi connectivity index (χ1v) is 14.6. The number of piperazine rings is 1. The zero-order valence-electron chi connectivity index (χ0n) is 22.5. The minimum absolute atomic E-state index is 0.0752. The molecular weight excluding hydrogens is 602 g/mol. The monoisotopic (exact) mass is 629 g/mol. The maximum absolute atomic E-state index is 10.9. The normalized spacial score (nSPS) is 18.0. The number of benzene rings is 2. The molecule has 4 aromatic rings. The molecular formula is C31H29BrClN7O. The van der Waals surface area contributed by atoms with Crippen molar-refractivity contribution in [3.63, 3.8) is 0 Å². The lowest BCUT2D eigenvalue weighted by atomic mass is 9.93. The van der Waals surface area contributed by atoms with Crippen molar-refractivity contribution < 1.29 is 5.11 Å². The van der Waals surface area contributed by atoms with Crippen LogP contribution in [0.15, 0.2) is 71.6 Å². The number of anilines is 1. The summed E-state index contributed by atoms with van der Waals surface area (Å²) in [5.74, 6) is 0.951. The summed E-state index contributed by atoms with van der Waals surface area (Å²) in [6, 6.07) is 17.4. The number of halogens is 2. The third-order valence-electron chi connectivity index (χ3n) is 7.79. The number of rotatable bonds is 6. The average molecular weight is 631 g/mol. The minimum atomic E-state index is -0.835. The molecule has 0 saturated carbocycles. The zero-order chi connectivity index (χ0) is 28.5. The third kappa shape index (κ3) is 5.80. The fourth-order valence-corrected chi connectivity index (χ4v) is 6.16. The summed E-state index contributed by atoms with van der Waals surface area (Å²) in [6.07, 6.45) is 7.08. The predicted molar refractivity (Wildman–Crippen MR) is 164 cm³/mol. The highest BCUT2D eigenvalue weighted by Gasteiger charge is 2.34. The Bertz CT molecular complexity index is 1640. The van der Waals surface area contributed by atoms with E-state index in [2.05, 4.69) is 66.0 Å². The van der Waals surface area contributed by atoms with Gasteiger partial charge in [0.05, 0.1) is 23.4 Å². The molecule has 0 bridgehead atoms. The van der Waals surface area contributed by atoms with E-state index < -0.39 is 6.35 Å². The van der Waals surface area contributed by atoms with Crippen LogP contribution in [0, 0.1) is 18.3 Å². The number of aliphatic hydroxyl groups excluding tert-OH is 1. The number of pyridine rings is 1. The highest BCUT2D eigenvalue weighted by atomic mass is 79.9. The molecule has 0 amide bonds. The van der Waals surface area contributed by atoms with Crippen LogP contribution in [0.3, 0.4) is 0 Å². The molecule has 2 aromatic heterocycles. The van der Waals surface area contributed by atoms with Gasteiger partial charge in [-0.05, 0) is 93.7 Å². The highest BCUT2D eigenvalue weighted by Crippen LogP contribution is 2.41. The molecule has 1 aliphatic heterocycles. The Labute approximate surface area is 252 Å². The van der Waals surface area contributed by atoms with Gasteiger partial charge in [0, 0.05) is 66.5 Å². The van der Waals surface area contributed by atoms with Gasteiger partial charge in [0.1, 0.15) is 5.82 Å². The van der Waals surface area contributed by atoms with Crippen molar-refractivity contribution in [1.82, 2.24) is 24.3 Å². The van der Waals surface area contributed by atoms with Crippen molar-refractivity contribution in [2.45, 2.75) is 25.9 Å². The zero-order valence-corrected chi connectivity index (χ0v) is 24.8. The van der Waals surface area contributed by atoms with Crippen molar-refractivity contribution in [2.75, 3.05) is 31.5 Å². The first kappa shape index (κ1) is 27.6. The molecule has 1 fully saturated rings. The van der Waals surface area contributed by atoms with Crippen LogP contribution in [0.2, 0.25) is 5.02 Å². The van der Waals surface area contributed by atoms with Crippen LogP contribution in [-0.4, -0.2) is 62.0 Å². The lowest BCUT2D eigenvalue weighted by Gasteiger charge is -2.41. The maximum Gasteiger partial charge on any atom is 0.184 e. The molecule has 2 aromatic carbocycles. The van der Waals surface area contributed by atoms with E-state index in [1.807, 2.05) is 48.6 Å². The summed E-state index contributed by atoms with van der Waals surface area (Å²) in [5.41, 5.74) is 6.83. The Morgan fingerprint density at radius 2 is 1.90 bits per heavy atom. The van der Waals surface area contributed by atoms with Crippen molar-refractivity contribution in [3.8, 4) is 6.07 Å². The Morgan fingerprint density at radius 1 is 1.12 bits per heavy atom. The van der Waals surface area contributed by atoms with Crippen molar-refractivity contribution in [1.29, 1.82) is 5.26 Å². The van der Waals surface area contributed by atoms with Gasteiger partial charge in [0.2, 0.25) is 0 Å². The molecule has 1 aliphatic carbocycles. The lowest BCUT2D eigenvalue weighted by Crippen LogP contribution is -2.53. The van der Waals surface area contributed by atoms with Crippen LogP contribution in [0.25, 0.3) is 11.6 Å². The second kappa shape index (κ2) is 11.8. The molecule has 2 atom stereocenters. The number of nitriles is 1. The average Bonchev–Trinajstić information content (AvgIpc) is 3.33. The molecule has 8 nitrogen and oxygen atoms in total. The molecule has 2 N–H and O–H groups in total. The molecule has 0 spiro atoms. The second-order valence-corrected chi connectivity index (χ2v) is 11.7. The number of hydrogen-bond acceptors (Lipinski definition) is 7. The van der Waals surface area contributed by atoms with E-state index in [0.717, 1.165) is 57.0 Å². The van der Waals surface area contributed by atoms with E-state index in [9.17, 15) is 5.11 Å². The predicted octanol–water partition coefficient (Wildman–Crippen LogP) is 5.52. The fraction of sp³-hybridized carbons (Fsp3) is 0.258. The SMILES string of the molecule is Cc1nccn1CC1=Cc2cc(Br)cnc2C(N2CCN(C(O)Nc3ccc(C#N)cc3)CC2)c2ccc(Cl)cc21. The molecule has 2 aliphatic rings. The number of fused-ring (bicyclic) bond motifs is 2. The quantitative estimate of drug-likeness (QED) is 0.271. The summed E-state index contributed by atoms with van der Waals surface area (Å²) in [6.45, 7) is 5.50. The van der Waals surface area contributed by atoms with E-state index in [4.69, 9.17) is 21.8 Å². The van der Waals surface area contributed by atoms with Crippen LogP contribution in [0.5, 0.6) is 0 Å². The van der Waals surface area contributed by atoms with Gasteiger partial charge in [-0.1, -0.05) is 17.7 Å². The van der Waals surface area contributed by atoms with Crippen LogP contribution in [0.4, 0.5) is 5.69 Å². The summed E-state index contributed by atoms with van der Waals surface area (Å²) >= 11 is 10.2. The molecule has 6 rings (SSSR count). The number of allylic oxidation sites excluding steroid dienone is 1. The molecule has 1 saturated heterocycles. The van der Waals surface area contributed by atoms with Gasteiger partial charge in [0.15, 0.2) is 6.35 Å². The van der Waals surface area contributed by atoms with E-state index in [1.54, 1.807) is 12.1 Å². The second-order valence-electron chi connectivity index (χ2n) is 10.3. The smallest absolute Gasteiger partial charge is 0.184 e. The van der Waals surface area contributed by atoms with Gasteiger partial charge in [0.25, 0.3) is 0 Å². The van der Waals surface area contributed by atoms with Crippen molar-refractivity contribution in [2.24, 2.45) is 0 Å². The molecule has 0 radical (unpaired) electrons. The van der Waals surface area contributed by atoms with Crippen LogP contribution >= 0.6 is 27.5 Å². The largest absolute Gasteiger partial charge is 0.361 e. The topological polar surface area (TPSA) is 93.2 Å². The Balaban J connectivity index is 1.29. The van der Waals surface area contributed by atoms with E-state index in [1.165, 1.54) is 0 Å². The van der Waals surface area contributed by atoms with E-state index >= 15 is 0 Å². The standard InChI is InChI=1S/C31H29BrClN7O/c1-20-35-8-9-40(20)19-23-14-22-15-24(32)18-36-29(22)30(27-7-4-25(33)16-28(23)27)38-10-12-39(13-11-38)31(41)37-26-5-2-21(17-34)3-6-26/h2-9,14-16,18,30-31,37,41H,10-13,19H2,1H3. The third-order valence-corrected chi connectivity index (χ3v) is 8.46. The fourth-order valence-electron chi connectivity index (χ4n) is 5.64. The highest BCUT2D eigenvalue weighted by molar-refractivity contribution is 9.10. The molecule has 3 heterocycles. The van der Waals surface area contributed by atoms with E-state index in [0.29, 0.717) is 30.2 Å². The molecule has 208 valence electrons.